The van der Waals surface area contributed by atoms with Gasteiger partial charge in [-0.2, -0.15) is 0 Å². The molecule has 3 heterocycles. The van der Waals surface area contributed by atoms with Crippen LogP contribution in [0.3, 0.4) is 0 Å². The third kappa shape index (κ3) is 2.11. The summed E-state index contributed by atoms with van der Waals surface area (Å²) in [5.74, 6) is 0.879. The Hall–Kier alpha value is -2.20. The zero-order valence-electron chi connectivity index (χ0n) is 12.5. The molecule has 112 valence electrons. The van der Waals surface area contributed by atoms with Gasteiger partial charge in [-0.1, -0.05) is 36.4 Å². The Kier molecular flexibility index (Phi) is 3.19. The first-order valence-corrected chi connectivity index (χ1v) is 7.81. The molecule has 1 amide bonds. The number of likely N-dealkylation sites (tertiary alicyclic amines) is 1. The molecule has 0 unspecified atom stereocenters. The zero-order chi connectivity index (χ0) is 15.0. The summed E-state index contributed by atoms with van der Waals surface area (Å²) in [6.45, 7) is 2.84. The largest absolute Gasteiger partial charge is 0.310 e. The Morgan fingerprint density at radius 1 is 1.09 bits per heavy atom. The van der Waals surface area contributed by atoms with Gasteiger partial charge in [0.1, 0.15) is 5.82 Å². The lowest BCUT2D eigenvalue weighted by molar-refractivity contribution is -0.122. The molecular formula is C18H19N3O. The third-order valence-electron chi connectivity index (χ3n) is 4.95. The van der Waals surface area contributed by atoms with E-state index in [0.29, 0.717) is 0 Å². The zero-order valence-corrected chi connectivity index (χ0v) is 12.5. The number of rotatable bonds is 2. The van der Waals surface area contributed by atoms with Crippen molar-refractivity contribution in [3.05, 3.63) is 59.8 Å². The molecule has 0 bridgehead atoms. The van der Waals surface area contributed by atoms with Crippen LogP contribution < -0.4 is 5.32 Å². The maximum absolute atomic E-state index is 12.5. The van der Waals surface area contributed by atoms with Gasteiger partial charge in [0.05, 0.1) is 5.41 Å². The number of pyridine rings is 1. The molecule has 0 atom stereocenters. The highest BCUT2D eigenvalue weighted by Gasteiger charge is 2.48. The molecular weight excluding hydrogens is 274 g/mol. The summed E-state index contributed by atoms with van der Waals surface area (Å²) in [4.78, 5) is 19.2. The lowest BCUT2D eigenvalue weighted by Gasteiger charge is -2.37. The highest BCUT2D eigenvalue weighted by molar-refractivity contribution is 6.05. The van der Waals surface area contributed by atoms with Crippen LogP contribution in [0.2, 0.25) is 0 Å². The van der Waals surface area contributed by atoms with Gasteiger partial charge in [0.15, 0.2) is 0 Å². The summed E-state index contributed by atoms with van der Waals surface area (Å²) in [7, 11) is 0. The molecule has 4 heteroatoms. The van der Waals surface area contributed by atoms with Gasteiger partial charge in [0.2, 0.25) is 5.91 Å². The SMILES string of the molecule is O=C1Nc2ncccc2C12CCN(Cc1ccccc1)CC2. The Morgan fingerprint density at radius 2 is 1.86 bits per heavy atom. The lowest BCUT2D eigenvalue weighted by Crippen LogP contribution is -2.46. The van der Waals surface area contributed by atoms with E-state index in [1.807, 2.05) is 18.2 Å². The number of nitrogens with one attached hydrogen (secondary N) is 1. The predicted octanol–water partition coefficient (Wildman–Crippen LogP) is 2.57. The fraction of sp³-hybridized carbons (Fsp3) is 0.333. The molecule has 1 saturated heterocycles. The van der Waals surface area contributed by atoms with E-state index in [2.05, 4.69) is 39.5 Å². The van der Waals surface area contributed by atoms with Gasteiger partial charge >= 0.3 is 0 Å². The smallest absolute Gasteiger partial charge is 0.236 e. The molecule has 4 rings (SSSR count). The number of carbonyl (C=O) groups is 1. The molecule has 1 spiro atoms. The maximum Gasteiger partial charge on any atom is 0.236 e. The molecule has 2 aliphatic heterocycles. The number of benzene rings is 1. The van der Waals surface area contributed by atoms with Gasteiger partial charge in [0, 0.05) is 18.3 Å². The Bertz CT molecular complexity index is 690. The van der Waals surface area contributed by atoms with Crippen LogP contribution in [0.25, 0.3) is 0 Å². The number of hydrogen-bond donors (Lipinski definition) is 1. The Balaban J connectivity index is 1.51. The number of anilines is 1. The average molecular weight is 293 g/mol. The second-order valence-corrected chi connectivity index (χ2v) is 6.20. The van der Waals surface area contributed by atoms with Gasteiger partial charge in [-0.05, 0) is 37.6 Å². The predicted molar refractivity (Wildman–Crippen MR) is 85.5 cm³/mol. The number of nitrogens with zero attached hydrogens (tertiary/aromatic N) is 2. The molecule has 2 aromatic rings. The monoisotopic (exact) mass is 293 g/mol. The fourth-order valence-corrected chi connectivity index (χ4v) is 3.67. The summed E-state index contributed by atoms with van der Waals surface area (Å²) in [6, 6.07) is 14.5. The van der Waals surface area contributed by atoms with Crippen molar-refractivity contribution < 1.29 is 4.79 Å². The molecule has 1 fully saturated rings. The van der Waals surface area contributed by atoms with E-state index in [-0.39, 0.29) is 11.3 Å². The fourth-order valence-electron chi connectivity index (χ4n) is 3.67. The van der Waals surface area contributed by atoms with E-state index in [9.17, 15) is 4.79 Å². The minimum absolute atomic E-state index is 0.126. The van der Waals surface area contributed by atoms with E-state index < -0.39 is 0 Å². The van der Waals surface area contributed by atoms with Crippen molar-refractivity contribution in [1.29, 1.82) is 0 Å². The van der Waals surface area contributed by atoms with Crippen LogP contribution in [-0.4, -0.2) is 28.9 Å². The standard InChI is InChI=1S/C18H19N3O/c22-17-18(15-7-4-10-19-16(15)20-17)8-11-21(12-9-18)13-14-5-2-1-3-6-14/h1-7,10H,8-9,11-13H2,(H,19,20,22). The van der Waals surface area contributed by atoms with Crippen molar-refractivity contribution in [2.75, 3.05) is 18.4 Å². The summed E-state index contributed by atoms with van der Waals surface area (Å²) in [5, 5.41) is 2.95. The Labute approximate surface area is 130 Å². The van der Waals surface area contributed by atoms with Crippen LogP contribution in [0.1, 0.15) is 24.0 Å². The molecule has 1 aromatic heterocycles. The number of hydrogen-bond acceptors (Lipinski definition) is 3. The van der Waals surface area contributed by atoms with Crippen molar-refractivity contribution >= 4 is 11.7 Å². The van der Waals surface area contributed by atoms with Gasteiger partial charge < -0.3 is 5.32 Å². The van der Waals surface area contributed by atoms with Crippen molar-refractivity contribution in [2.45, 2.75) is 24.8 Å². The quantitative estimate of drug-likeness (QED) is 0.925. The number of fused-ring (bicyclic) bond motifs is 2. The Morgan fingerprint density at radius 3 is 2.64 bits per heavy atom. The molecule has 2 aliphatic rings. The minimum Gasteiger partial charge on any atom is -0.310 e. The first-order chi connectivity index (χ1) is 10.8. The van der Waals surface area contributed by atoms with E-state index in [1.165, 1.54) is 5.56 Å². The van der Waals surface area contributed by atoms with Gasteiger partial charge in [-0.25, -0.2) is 4.98 Å². The second-order valence-electron chi connectivity index (χ2n) is 6.20. The molecule has 1 aromatic carbocycles. The normalized spacial score (nSPS) is 19.9. The first kappa shape index (κ1) is 13.5. The van der Waals surface area contributed by atoms with Gasteiger partial charge in [-0.3, -0.25) is 9.69 Å². The summed E-state index contributed by atoms with van der Waals surface area (Å²) < 4.78 is 0. The maximum atomic E-state index is 12.5. The van der Waals surface area contributed by atoms with Crippen LogP contribution >= 0.6 is 0 Å². The summed E-state index contributed by atoms with van der Waals surface area (Å²) in [5.41, 5.74) is 2.05. The van der Waals surface area contributed by atoms with Crippen molar-refractivity contribution in [2.24, 2.45) is 0 Å². The van der Waals surface area contributed by atoms with E-state index in [0.717, 1.165) is 43.9 Å². The van der Waals surface area contributed by atoms with E-state index in [1.54, 1.807) is 6.20 Å². The lowest BCUT2D eigenvalue weighted by atomic mass is 9.74. The number of carbonyl (C=O) groups excluding carboxylic acids is 1. The second kappa shape index (κ2) is 5.21. The average Bonchev–Trinajstić information content (AvgIpc) is 2.83. The van der Waals surface area contributed by atoms with E-state index >= 15 is 0 Å². The van der Waals surface area contributed by atoms with Crippen LogP contribution in [0.5, 0.6) is 0 Å². The molecule has 0 saturated carbocycles. The molecule has 4 nitrogen and oxygen atoms in total. The van der Waals surface area contributed by atoms with Gasteiger partial charge in [0.25, 0.3) is 0 Å². The van der Waals surface area contributed by atoms with Crippen LogP contribution in [0.4, 0.5) is 5.82 Å². The number of amides is 1. The number of piperidine rings is 1. The minimum atomic E-state index is -0.364. The highest BCUT2D eigenvalue weighted by Crippen LogP contribution is 2.43. The van der Waals surface area contributed by atoms with Crippen LogP contribution in [-0.2, 0) is 16.8 Å². The summed E-state index contributed by atoms with van der Waals surface area (Å²) in [6.07, 6.45) is 3.47. The van der Waals surface area contributed by atoms with Gasteiger partial charge in [-0.15, -0.1) is 0 Å². The molecule has 1 N–H and O–H groups in total. The van der Waals surface area contributed by atoms with E-state index in [4.69, 9.17) is 0 Å². The first-order valence-electron chi connectivity index (χ1n) is 7.81. The van der Waals surface area contributed by atoms with Crippen molar-refractivity contribution in [3.63, 3.8) is 0 Å². The molecule has 22 heavy (non-hydrogen) atoms. The van der Waals surface area contributed by atoms with Crippen molar-refractivity contribution in [3.8, 4) is 0 Å². The summed E-state index contributed by atoms with van der Waals surface area (Å²) >= 11 is 0. The van der Waals surface area contributed by atoms with Crippen molar-refractivity contribution in [1.82, 2.24) is 9.88 Å². The highest BCUT2D eigenvalue weighted by atomic mass is 16.2. The van der Waals surface area contributed by atoms with Crippen LogP contribution in [0, 0.1) is 0 Å². The third-order valence-corrected chi connectivity index (χ3v) is 4.95. The topological polar surface area (TPSA) is 45.2 Å². The molecule has 0 aliphatic carbocycles. The molecule has 0 radical (unpaired) electrons. The van der Waals surface area contributed by atoms with Crippen LogP contribution in [0.15, 0.2) is 48.7 Å². The number of aromatic nitrogens is 1.